The molecule has 0 amide bonds. The zero-order valence-corrected chi connectivity index (χ0v) is 17.8. The molecule has 2 aromatic rings. The number of hydrogen-bond acceptors (Lipinski definition) is 3. The fourth-order valence-electron chi connectivity index (χ4n) is 2.69. The van der Waals surface area contributed by atoms with Crippen molar-refractivity contribution in [3.8, 4) is 0 Å². The molecule has 0 aliphatic carbocycles. The van der Waals surface area contributed by atoms with Crippen LogP contribution in [0.3, 0.4) is 0 Å². The van der Waals surface area contributed by atoms with E-state index in [1.165, 1.54) is 0 Å². The molecule has 1 unspecified atom stereocenters. The average molecular weight is 458 g/mol. The molecule has 1 N–H and O–H groups in total. The van der Waals surface area contributed by atoms with E-state index in [0.717, 1.165) is 28.1 Å². The molecule has 0 bridgehead atoms. The number of carbonyl (C=O) groups excluding carboxylic acids is 1. The molecule has 7 heteroatoms. The van der Waals surface area contributed by atoms with Crippen LogP contribution < -0.4 is 5.32 Å². The second-order valence-electron chi connectivity index (χ2n) is 6.50. The van der Waals surface area contributed by atoms with Crippen molar-refractivity contribution < 1.29 is 22.7 Å². The van der Waals surface area contributed by atoms with E-state index in [2.05, 4.69) is 5.32 Å². The van der Waals surface area contributed by atoms with Crippen LogP contribution in [0.4, 0.5) is 24.5 Å². The maximum absolute atomic E-state index is 12.4. The quantitative estimate of drug-likeness (QED) is 0.312. The Bertz CT molecular complexity index is 808. The van der Waals surface area contributed by atoms with Crippen molar-refractivity contribution in [2.24, 2.45) is 0 Å². The molecule has 0 saturated carbocycles. The molecule has 1 atom stereocenters. The zero-order chi connectivity index (χ0) is 20.7. The van der Waals surface area contributed by atoms with Gasteiger partial charge in [0.05, 0.1) is 0 Å². The van der Waals surface area contributed by atoms with Gasteiger partial charge in [-0.05, 0) is 6.92 Å². The first-order valence-corrected chi connectivity index (χ1v) is 11.1. The topological polar surface area (TPSA) is 38.3 Å². The van der Waals surface area contributed by atoms with Gasteiger partial charge in [-0.15, -0.1) is 0 Å². The zero-order valence-electron chi connectivity index (χ0n) is 16.1. The van der Waals surface area contributed by atoms with Gasteiger partial charge in [-0.25, -0.2) is 0 Å². The summed E-state index contributed by atoms with van der Waals surface area (Å²) in [4.78, 5) is 12.4. The predicted molar refractivity (Wildman–Crippen MR) is 106 cm³/mol. The van der Waals surface area contributed by atoms with Crippen molar-refractivity contribution in [2.75, 3.05) is 11.9 Å². The van der Waals surface area contributed by atoms with Crippen molar-refractivity contribution in [1.29, 1.82) is 0 Å². The Morgan fingerprint density at radius 2 is 1.79 bits per heavy atom. The van der Waals surface area contributed by atoms with Crippen LogP contribution >= 0.6 is 0 Å². The first-order valence-electron chi connectivity index (χ1n) is 8.98. The molecule has 2 rings (SSSR count). The molecule has 0 aromatic heterocycles. The summed E-state index contributed by atoms with van der Waals surface area (Å²) in [5.74, 6) is -0.961. The van der Waals surface area contributed by atoms with Crippen LogP contribution in [0, 0.1) is 13.8 Å². The van der Waals surface area contributed by atoms with Gasteiger partial charge in [0, 0.05) is 0 Å². The second kappa shape index (κ2) is 9.99. The standard InChI is InChI=1S/C21H24F3NO2Se/c1-14-8-6-11-18(15(14)2)25-19-10-5-4-9-17(19)16(3)20(26)27-12-7-13-28-21(22,23)24/h4-6,8-11,16,25H,7,12-13H2,1-3H3. The third-order valence-corrected chi connectivity index (χ3v) is 6.17. The minimum atomic E-state index is -4.11. The summed E-state index contributed by atoms with van der Waals surface area (Å²) >= 11 is -1.42. The number of hydrogen-bond donors (Lipinski definition) is 1. The number of carbonyl (C=O) groups is 1. The van der Waals surface area contributed by atoms with Gasteiger partial charge in [-0.1, -0.05) is 6.07 Å². The van der Waals surface area contributed by atoms with E-state index in [1.807, 2.05) is 56.3 Å². The summed E-state index contributed by atoms with van der Waals surface area (Å²) in [6.45, 7) is 5.81. The Hall–Kier alpha value is -1.98. The van der Waals surface area contributed by atoms with E-state index in [1.54, 1.807) is 6.92 Å². The Morgan fingerprint density at radius 3 is 2.50 bits per heavy atom. The van der Waals surface area contributed by atoms with Gasteiger partial charge >= 0.3 is 157 Å². The van der Waals surface area contributed by atoms with Crippen LogP contribution in [-0.4, -0.2) is 32.6 Å². The van der Waals surface area contributed by atoms with Gasteiger partial charge in [-0.2, -0.15) is 0 Å². The van der Waals surface area contributed by atoms with Crippen molar-refractivity contribution in [3.63, 3.8) is 0 Å². The molecule has 28 heavy (non-hydrogen) atoms. The van der Waals surface area contributed by atoms with Crippen molar-refractivity contribution >= 4 is 32.3 Å². The van der Waals surface area contributed by atoms with Crippen LogP contribution in [0.15, 0.2) is 42.5 Å². The van der Waals surface area contributed by atoms with E-state index < -0.39 is 31.9 Å². The summed E-state index contributed by atoms with van der Waals surface area (Å²) in [5, 5.41) is -0.711. The Labute approximate surface area is 169 Å². The van der Waals surface area contributed by atoms with Gasteiger partial charge in [0.1, 0.15) is 0 Å². The monoisotopic (exact) mass is 459 g/mol. The number of rotatable bonds is 8. The van der Waals surface area contributed by atoms with E-state index in [9.17, 15) is 18.0 Å². The van der Waals surface area contributed by atoms with Gasteiger partial charge in [0.2, 0.25) is 0 Å². The van der Waals surface area contributed by atoms with Crippen LogP contribution in [0.1, 0.15) is 36.0 Å². The van der Waals surface area contributed by atoms with Crippen molar-refractivity contribution in [2.45, 2.75) is 43.5 Å². The molecule has 0 radical (unpaired) electrons. The molecular weight excluding hydrogens is 434 g/mol. The molecule has 0 fully saturated rings. The van der Waals surface area contributed by atoms with E-state index >= 15 is 0 Å². The summed E-state index contributed by atoms with van der Waals surface area (Å²) in [7, 11) is 0. The molecule has 0 spiro atoms. The number of halogens is 3. The number of esters is 1. The third kappa shape index (κ3) is 6.57. The van der Waals surface area contributed by atoms with Crippen LogP contribution in [0.5, 0.6) is 0 Å². The molecular formula is C21H24F3NO2Se. The average Bonchev–Trinajstić information content (AvgIpc) is 2.64. The van der Waals surface area contributed by atoms with Gasteiger partial charge in [0.25, 0.3) is 0 Å². The number of alkyl halides is 3. The fourth-order valence-corrected chi connectivity index (χ4v) is 3.73. The molecule has 3 nitrogen and oxygen atoms in total. The van der Waals surface area contributed by atoms with Crippen LogP contribution in [0.25, 0.3) is 0 Å². The number of ether oxygens (including phenoxy) is 1. The molecule has 0 aliphatic rings. The van der Waals surface area contributed by atoms with Crippen LogP contribution in [0.2, 0.25) is 5.32 Å². The van der Waals surface area contributed by atoms with E-state index in [0.29, 0.717) is 0 Å². The second-order valence-corrected chi connectivity index (χ2v) is 8.93. The summed E-state index contributed by atoms with van der Waals surface area (Å²) in [5.41, 5.74) is 4.84. The fraction of sp³-hybridized carbons (Fsp3) is 0.381. The SMILES string of the molecule is Cc1cccc(Nc2ccccc2C(C)C(=O)OCCC[Se]C(F)(F)F)c1C. The Kier molecular flexibility index (Phi) is 7.96. The molecule has 0 heterocycles. The van der Waals surface area contributed by atoms with Gasteiger partial charge < -0.3 is 0 Å². The maximum atomic E-state index is 12.4. The predicted octanol–water partition coefficient (Wildman–Crippen LogP) is 5.73. The summed E-state index contributed by atoms with van der Waals surface area (Å²) in [6, 6.07) is 13.5. The van der Waals surface area contributed by atoms with Crippen molar-refractivity contribution in [1.82, 2.24) is 0 Å². The van der Waals surface area contributed by atoms with E-state index in [-0.39, 0.29) is 18.3 Å². The molecule has 0 saturated heterocycles. The Morgan fingerprint density at radius 1 is 1.11 bits per heavy atom. The van der Waals surface area contributed by atoms with Gasteiger partial charge in [0.15, 0.2) is 0 Å². The third-order valence-electron chi connectivity index (χ3n) is 4.45. The number of para-hydroxylation sites is 1. The minimum absolute atomic E-state index is 0.00753. The molecule has 0 aliphatic heterocycles. The van der Waals surface area contributed by atoms with Crippen molar-refractivity contribution in [3.05, 3.63) is 59.2 Å². The number of aryl methyl sites for hydroxylation is 1. The molecule has 2 aromatic carbocycles. The Balaban J connectivity index is 2.00. The normalized spacial score (nSPS) is 12.5. The first-order chi connectivity index (χ1) is 13.2. The van der Waals surface area contributed by atoms with Crippen LogP contribution in [-0.2, 0) is 9.53 Å². The van der Waals surface area contributed by atoms with E-state index in [4.69, 9.17) is 4.74 Å². The first kappa shape index (κ1) is 22.3. The summed E-state index contributed by atoms with van der Waals surface area (Å²) in [6.07, 6.45) is 0.223. The number of anilines is 2. The number of nitrogens with one attached hydrogen (secondary N) is 1. The molecule has 152 valence electrons. The van der Waals surface area contributed by atoms with Gasteiger partial charge in [-0.3, -0.25) is 0 Å². The number of benzene rings is 2. The summed E-state index contributed by atoms with van der Waals surface area (Å²) < 4.78 is 41.7.